The lowest BCUT2D eigenvalue weighted by atomic mass is 9.84. The third-order valence-corrected chi connectivity index (χ3v) is 6.22. The summed E-state index contributed by atoms with van der Waals surface area (Å²) in [5.74, 6) is -1.54. The molecule has 0 aromatic carbocycles. The Bertz CT molecular complexity index is 764. The van der Waals surface area contributed by atoms with Gasteiger partial charge in [0.15, 0.2) is 5.78 Å². The highest BCUT2D eigenvalue weighted by molar-refractivity contribution is 6.01. The lowest BCUT2D eigenvalue weighted by Crippen LogP contribution is -2.45. The molecule has 1 heterocycles. The van der Waals surface area contributed by atoms with E-state index in [1.165, 1.54) is 4.90 Å². The standard InChI is InChI=1S/C25H42N4O6/c1-16(2)23(19(30)15-18(24(34)17(3)4)9-8-13-27-25(26)35)28-20(31)10-6-5-7-14-29-21(32)11-12-22(29)33/h16-18,23H,5-15H2,1-4H3,(H,28,31)(H3,26,27,35)/t18-,23+/m1/s1. The molecule has 4 N–H and O–H groups in total. The molecule has 1 rings (SSSR count). The van der Waals surface area contributed by atoms with E-state index in [4.69, 9.17) is 5.73 Å². The number of carbonyl (C=O) groups is 6. The van der Waals surface area contributed by atoms with Crippen molar-refractivity contribution >= 4 is 35.3 Å². The largest absolute Gasteiger partial charge is 0.352 e. The second kappa shape index (κ2) is 15.3. The molecule has 0 bridgehead atoms. The monoisotopic (exact) mass is 494 g/mol. The third kappa shape index (κ3) is 11.0. The van der Waals surface area contributed by atoms with Crippen LogP contribution in [0.15, 0.2) is 0 Å². The Hall–Kier alpha value is -2.78. The number of hydrogen-bond acceptors (Lipinski definition) is 6. The van der Waals surface area contributed by atoms with Crippen LogP contribution in [0.3, 0.4) is 0 Å². The Labute approximate surface area is 208 Å². The second-order valence-electron chi connectivity index (χ2n) is 9.90. The first-order valence-electron chi connectivity index (χ1n) is 12.7. The number of amides is 5. The number of likely N-dealkylation sites (tertiary alicyclic amines) is 1. The first-order valence-corrected chi connectivity index (χ1v) is 12.7. The van der Waals surface area contributed by atoms with Gasteiger partial charge in [-0.3, -0.25) is 28.9 Å². The zero-order chi connectivity index (χ0) is 26.5. The second-order valence-corrected chi connectivity index (χ2v) is 9.90. The lowest BCUT2D eigenvalue weighted by molar-refractivity contribution is -0.138. The molecule has 10 nitrogen and oxygen atoms in total. The van der Waals surface area contributed by atoms with Gasteiger partial charge in [0.25, 0.3) is 0 Å². The summed E-state index contributed by atoms with van der Waals surface area (Å²) in [4.78, 5) is 73.6. The third-order valence-electron chi connectivity index (χ3n) is 6.22. The summed E-state index contributed by atoms with van der Waals surface area (Å²) in [7, 11) is 0. The molecule has 35 heavy (non-hydrogen) atoms. The van der Waals surface area contributed by atoms with Crippen molar-refractivity contribution in [1.29, 1.82) is 0 Å². The fourth-order valence-corrected chi connectivity index (χ4v) is 4.22. The molecule has 198 valence electrons. The zero-order valence-corrected chi connectivity index (χ0v) is 21.6. The quantitative estimate of drug-likeness (QED) is 0.208. The maximum absolute atomic E-state index is 13.1. The zero-order valence-electron chi connectivity index (χ0n) is 21.6. The maximum atomic E-state index is 13.1. The fourth-order valence-electron chi connectivity index (χ4n) is 4.22. The van der Waals surface area contributed by atoms with E-state index in [2.05, 4.69) is 10.6 Å². The maximum Gasteiger partial charge on any atom is 0.312 e. The van der Waals surface area contributed by atoms with Gasteiger partial charge in [-0.1, -0.05) is 34.1 Å². The number of carbonyl (C=O) groups excluding carboxylic acids is 6. The Balaban J connectivity index is 2.53. The molecule has 0 unspecified atom stereocenters. The van der Waals surface area contributed by atoms with Crippen LogP contribution >= 0.6 is 0 Å². The Morgan fingerprint density at radius 3 is 2.11 bits per heavy atom. The summed E-state index contributed by atoms with van der Waals surface area (Å²) in [5.41, 5.74) is 5.07. The van der Waals surface area contributed by atoms with Gasteiger partial charge >= 0.3 is 6.03 Å². The molecule has 1 aliphatic rings. The lowest BCUT2D eigenvalue weighted by Gasteiger charge is -2.24. The van der Waals surface area contributed by atoms with Crippen molar-refractivity contribution in [3.8, 4) is 0 Å². The van der Waals surface area contributed by atoms with Crippen LogP contribution in [-0.2, 0) is 24.0 Å². The van der Waals surface area contributed by atoms with Crippen molar-refractivity contribution in [2.24, 2.45) is 23.5 Å². The summed E-state index contributed by atoms with van der Waals surface area (Å²) in [6, 6.07) is -1.32. The van der Waals surface area contributed by atoms with Crippen molar-refractivity contribution in [1.82, 2.24) is 15.5 Å². The molecule has 0 radical (unpaired) electrons. The highest BCUT2D eigenvalue weighted by Gasteiger charge is 2.30. The Morgan fingerprint density at radius 1 is 0.943 bits per heavy atom. The fraction of sp³-hybridized carbons (Fsp3) is 0.760. The summed E-state index contributed by atoms with van der Waals surface area (Å²) in [5, 5.41) is 5.31. The molecule has 1 saturated heterocycles. The predicted octanol–water partition coefficient (Wildman–Crippen LogP) is 2.09. The molecule has 1 aliphatic heterocycles. The summed E-state index contributed by atoms with van der Waals surface area (Å²) in [6.45, 7) is 7.99. The van der Waals surface area contributed by atoms with Crippen LogP contribution < -0.4 is 16.4 Å². The van der Waals surface area contributed by atoms with Gasteiger partial charge < -0.3 is 16.4 Å². The SMILES string of the molecule is CC(C)C(=O)[C@H](CCCNC(N)=O)CC(=O)[C@@H](NC(=O)CCCCCN1C(=O)CCC1=O)C(C)C. The molecule has 0 aliphatic carbocycles. The number of rotatable bonds is 17. The minimum Gasteiger partial charge on any atom is -0.352 e. The number of unbranched alkanes of at least 4 members (excludes halogenated alkanes) is 2. The average molecular weight is 495 g/mol. The van der Waals surface area contributed by atoms with E-state index in [1.807, 2.05) is 13.8 Å². The van der Waals surface area contributed by atoms with E-state index in [0.717, 1.165) is 0 Å². The van der Waals surface area contributed by atoms with Crippen molar-refractivity contribution in [3.63, 3.8) is 0 Å². The van der Waals surface area contributed by atoms with Gasteiger partial charge in [0, 0.05) is 50.6 Å². The summed E-state index contributed by atoms with van der Waals surface area (Å²) < 4.78 is 0. The van der Waals surface area contributed by atoms with Gasteiger partial charge in [-0.05, 0) is 31.6 Å². The predicted molar refractivity (Wildman–Crippen MR) is 131 cm³/mol. The summed E-state index contributed by atoms with van der Waals surface area (Å²) >= 11 is 0. The van der Waals surface area contributed by atoms with Crippen LogP contribution in [0.5, 0.6) is 0 Å². The number of nitrogens with zero attached hydrogens (tertiary/aromatic N) is 1. The van der Waals surface area contributed by atoms with Gasteiger partial charge in [-0.2, -0.15) is 0 Å². The molecule has 0 aromatic rings. The molecule has 2 atom stereocenters. The number of Topliss-reactive ketones (excluding diaryl/α,β-unsaturated/α-hetero) is 2. The molecule has 0 spiro atoms. The number of primary amides is 1. The normalized spacial score (nSPS) is 15.4. The first kappa shape index (κ1) is 30.3. The van der Waals surface area contributed by atoms with Gasteiger partial charge in [-0.25, -0.2) is 4.79 Å². The Morgan fingerprint density at radius 2 is 1.57 bits per heavy atom. The minimum atomic E-state index is -0.687. The number of hydrogen-bond donors (Lipinski definition) is 3. The van der Waals surface area contributed by atoms with Crippen molar-refractivity contribution in [2.45, 2.75) is 91.5 Å². The molecular formula is C25H42N4O6. The molecule has 0 aromatic heterocycles. The number of imide groups is 1. The van der Waals surface area contributed by atoms with Crippen LogP contribution in [0.25, 0.3) is 0 Å². The van der Waals surface area contributed by atoms with Gasteiger partial charge in [0.05, 0.1) is 6.04 Å². The van der Waals surface area contributed by atoms with Crippen LogP contribution in [0.1, 0.15) is 85.5 Å². The van der Waals surface area contributed by atoms with E-state index in [9.17, 15) is 28.8 Å². The van der Waals surface area contributed by atoms with E-state index in [0.29, 0.717) is 45.2 Å². The van der Waals surface area contributed by atoms with E-state index < -0.39 is 18.0 Å². The van der Waals surface area contributed by atoms with E-state index >= 15 is 0 Å². The van der Waals surface area contributed by atoms with E-state index in [-0.39, 0.29) is 66.8 Å². The van der Waals surface area contributed by atoms with Crippen LogP contribution in [-0.4, -0.2) is 59.4 Å². The average Bonchev–Trinajstić information content (AvgIpc) is 3.10. The molecular weight excluding hydrogens is 452 g/mol. The number of nitrogens with two attached hydrogens (primary N) is 1. The molecule has 5 amide bonds. The van der Waals surface area contributed by atoms with Crippen LogP contribution in [0, 0.1) is 17.8 Å². The number of nitrogens with one attached hydrogen (secondary N) is 2. The first-order chi connectivity index (χ1) is 16.4. The van der Waals surface area contributed by atoms with Crippen molar-refractivity contribution < 1.29 is 28.8 Å². The van der Waals surface area contributed by atoms with Gasteiger partial charge in [0.2, 0.25) is 17.7 Å². The van der Waals surface area contributed by atoms with Crippen molar-refractivity contribution in [3.05, 3.63) is 0 Å². The van der Waals surface area contributed by atoms with E-state index in [1.54, 1.807) is 13.8 Å². The Kier molecular flexibility index (Phi) is 13.2. The van der Waals surface area contributed by atoms with Crippen molar-refractivity contribution in [2.75, 3.05) is 13.1 Å². The summed E-state index contributed by atoms with van der Waals surface area (Å²) in [6.07, 6.45) is 3.72. The molecule has 1 fully saturated rings. The highest BCUT2D eigenvalue weighted by atomic mass is 16.2. The van der Waals surface area contributed by atoms with Crippen LogP contribution in [0.4, 0.5) is 4.79 Å². The molecule has 0 saturated carbocycles. The van der Waals surface area contributed by atoms with Gasteiger partial charge in [0.1, 0.15) is 5.78 Å². The highest BCUT2D eigenvalue weighted by Crippen LogP contribution is 2.20. The topological polar surface area (TPSA) is 156 Å². The number of ketones is 2. The van der Waals surface area contributed by atoms with Gasteiger partial charge in [-0.15, -0.1) is 0 Å². The molecule has 10 heteroatoms. The number of urea groups is 1. The van der Waals surface area contributed by atoms with Crippen LogP contribution in [0.2, 0.25) is 0 Å². The smallest absolute Gasteiger partial charge is 0.312 e. The minimum absolute atomic E-state index is 0.0128.